The highest BCUT2D eigenvalue weighted by Gasteiger charge is 2.59. The lowest BCUT2D eigenvalue weighted by molar-refractivity contribution is -0.123. The predicted octanol–water partition coefficient (Wildman–Crippen LogP) is 4.21. The summed E-state index contributed by atoms with van der Waals surface area (Å²) in [6.45, 7) is 1.84. The average molecular weight is 407 g/mol. The zero-order chi connectivity index (χ0) is 20.3. The summed E-state index contributed by atoms with van der Waals surface area (Å²) in [6, 6.07) is 11.9. The van der Waals surface area contributed by atoms with Crippen molar-refractivity contribution in [1.82, 2.24) is 0 Å². The Bertz CT molecular complexity index is 1050. The third-order valence-corrected chi connectivity index (χ3v) is 6.78. The zero-order valence-corrected chi connectivity index (χ0v) is 16.5. The second-order valence-electron chi connectivity index (χ2n) is 7.93. The van der Waals surface area contributed by atoms with E-state index in [1.54, 1.807) is 42.5 Å². The highest BCUT2D eigenvalue weighted by Crippen LogP contribution is 2.53. The van der Waals surface area contributed by atoms with Crippen LogP contribution in [-0.4, -0.2) is 17.7 Å². The maximum Gasteiger partial charge on any atom is 0.255 e. The molecule has 5 nitrogen and oxygen atoms in total. The number of amides is 3. The Balaban J connectivity index is 1.36. The molecule has 0 unspecified atom stereocenters. The Kier molecular flexibility index (Phi) is 4.10. The fraction of sp³-hybridized carbons (Fsp3) is 0.261. The third kappa shape index (κ3) is 2.72. The number of carbonyl (C=O) groups is 3. The van der Waals surface area contributed by atoms with Crippen LogP contribution in [0.25, 0.3) is 0 Å². The lowest BCUT2D eigenvalue weighted by Crippen LogP contribution is -2.32. The summed E-state index contributed by atoms with van der Waals surface area (Å²) in [5.74, 6) is -0.625. The van der Waals surface area contributed by atoms with Crippen molar-refractivity contribution in [2.45, 2.75) is 13.3 Å². The molecule has 146 valence electrons. The molecule has 1 aliphatic heterocycles. The molecule has 1 N–H and O–H groups in total. The molecule has 4 atom stereocenters. The number of imide groups is 1. The van der Waals surface area contributed by atoms with Gasteiger partial charge in [-0.05, 0) is 67.1 Å². The van der Waals surface area contributed by atoms with Crippen molar-refractivity contribution in [3.63, 3.8) is 0 Å². The van der Waals surface area contributed by atoms with Gasteiger partial charge in [-0.3, -0.25) is 19.3 Å². The summed E-state index contributed by atoms with van der Waals surface area (Å²) in [5, 5.41) is 3.43. The molecule has 2 aromatic rings. The van der Waals surface area contributed by atoms with Crippen LogP contribution in [0.1, 0.15) is 22.3 Å². The normalized spacial score (nSPS) is 26.9. The molecule has 1 heterocycles. The lowest BCUT2D eigenvalue weighted by Gasteiger charge is -2.17. The van der Waals surface area contributed by atoms with Gasteiger partial charge in [0.05, 0.1) is 17.5 Å². The number of halogens is 1. The van der Waals surface area contributed by atoms with Crippen LogP contribution < -0.4 is 10.2 Å². The molecule has 5 rings (SSSR count). The molecule has 3 amide bonds. The molecule has 29 heavy (non-hydrogen) atoms. The third-order valence-electron chi connectivity index (χ3n) is 6.37. The fourth-order valence-corrected chi connectivity index (χ4v) is 5.03. The first-order chi connectivity index (χ1) is 14.0. The maximum atomic E-state index is 12.9. The molecule has 1 saturated carbocycles. The topological polar surface area (TPSA) is 66.5 Å². The average Bonchev–Trinajstić information content (AvgIpc) is 3.39. The SMILES string of the molecule is Cc1c(Cl)cccc1NC(=O)c1ccc(N2C(=O)[C@@H]3[C@H](C2=O)[C@H]2C=C[C@H]3C2)cc1. The second-order valence-corrected chi connectivity index (χ2v) is 8.33. The van der Waals surface area contributed by atoms with Gasteiger partial charge >= 0.3 is 0 Å². The number of hydrogen-bond donors (Lipinski definition) is 1. The Hall–Kier alpha value is -2.92. The molecule has 6 heteroatoms. The summed E-state index contributed by atoms with van der Waals surface area (Å²) in [6.07, 6.45) is 5.06. The van der Waals surface area contributed by atoms with Crippen LogP contribution in [0, 0.1) is 30.6 Å². The van der Waals surface area contributed by atoms with E-state index in [1.165, 1.54) is 4.90 Å². The highest BCUT2D eigenvalue weighted by atomic mass is 35.5. The van der Waals surface area contributed by atoms with E-state index in [9.17, 15) is 14.4 Å². The van der Waals surface area contributed by atoms with Gasteiger partial charge in [0, 0.05) is 16.3 Å². The van der Waals surface area contributed by atoms with E-state index < -0.39 is 0 Å². The van der Waals surface area contributed by atoms with Gasteiger partial charge in [0.1, 0.15) is 0 Å². The van der Waals surface area contributed by atoms with E-state index in [2.05, 4.69) is 17.5 Å². The van der Waals surface area contributed by atoms with Gasteiger partial charge in [0.2, 0.25) is 11.8 Å². The minimum absolute atomic E-state index is 0.122. The second kappa shape index (κ2) is 6.56. The molecule has 2 bridgehead atoms. The van der Waals surface area contributed by atoms with Gasteiger partial charge in [-0.15, -0.1) is 0 Å². The van der Waals surface area contributed by atoms with Crippen LogP contribution in [0.4, 0.5) is 11.4 Å². The van der Waals surface area contributed by atoms with Crippen LogP contribution in [0.15, 0.2) is 54.6 Å². The Labute approximate surface area is 173 Å². The van der Waals surface area contributed by atoms with Gasteiger partial charge < -0.3 is 5.32 Å². The maximum absolute atomic E-state index is 12.9. The van der Waals surface area contributed by atoms with Crippen molar-refractivity contribution in [1.29, 1.82) is 0 Å². The molecule has 0 aromatic heterocycles. The molecular formula is C23H19ClN2O3. The predicted molar refractivity (Wildman–Crippen MR) is 111 cm³/mol. The van der Waals surface area contributed by atoms with Gasteiger partial charge in [0.15, 0.2) is 0 Å². The number of anilines is 2. The number of nitrogens with zero attached hydrogens (tertiary/aromatic N) is 1. The Morgan fingerprint density at radius 3 is 2.24 bits per heavy atom. The summed E-state index contributed by atoms with van der Waals surface area (Å²) < 4.78 is 0. The molecule has 2 aliphatic carbocycles. The smallest absolute Gasteiger partial charge is 0.255 e. The summed E-state index contributed by atoms with van der Waals surface area (Å²) >= 11 is 6.10. The molecule has 0 radical (unpaired) electrons. The summed E-state index contributed by atoms with van der Waals surface area (Å²) in [7, 11) is 0. The van der Waals surface area contributed by atoms with Crippen molar-refractivity contribution in [3.8, 4) is 0 Å². The van der Waals surface area contributed by atoms with E-state index in [4.69, 9.17) is 11.6 Å². The van der Waals surface area contributed by atoms with Crippen molar-refractivity contribution in [2.75, 3.05) is 10.2 Å². The number of carbonyl (C=O) groups excluding carboxylic acids is 3. The lowest BCUT2D eigenvalue weighted by atomic mass is 9.85. The summed E-state index contributed by atoms with van der Waals surface area (Å²) in [4.78, 5) is 39.7. The van der Waals surface area contributed by atoms with Crippen molar-refractivity contribution in [2.24, 2.45) is 23.7 Å². The number of allylic oxidation sites excluding steroid dienone is 2. The van der Waals surface area contributed by atoms with E-state index in [0.29, 0.717) is 22.0 Å². The number of fused-ring (bicyclic) bond motifs is 5. The molecular weight excluding hydrogens is 388 g/mol. The van der Waals surface area contributed by atoms with E-state index in [0.717, 1.165) is 12.0 Å². The Morgan fingerprint density at radius 1 is 1.00 bits per heavy atom. The first-order valence-electron chi connectivity index (χ1n) is 9.68. The number of benzene rings is 2. The van der Waals surface area contributed by atoms with E-state index in [-0.39, 0.29) is 41.4 Å². The monoisotopic (exact) mass is 406 g/mol. The van der Waals surface area contributed by atoms with Crippen molar-refractivity contribution >= 4 is 40.7 Å². The first-order valence-corrected chi connectivity index (χ1v) is 10.1. The minimum atomic E-state index is -0.278. The van der Waals surface area contributed by atoms with Crippen molar-refractivity contribution in [3.05, 3.63) is 70.8 Å². The number of rotatable bonds is 3. The van der Waals surface area contributed by atoms with Crippen LogP contribution in [-0.2, 0) is 9.59 Å². The minimum Gasteiger partial charge on any atom is -0.322 e. The Morgan fingerprint density at radius 2 is 1.62 bits per heavy atom. The van der Waals surface area contributed by atoms with E-state index >= 15 is 0 Å². The van der Waals surface area contributed by atoms with Crippen LogP contribution in [0.2, 0.25) is 5.02 Å². The van der Waals surface area contributed by atoms with E-state index in [1.807, 2.05) is 6.92 Å². The van der Waals surface area contributed by atoms with Crippen LogP contribution in [0.3, 0.4) is 0 Å². The molecule has 2 aromatic carbocycles. The van der Waals surface area contributed by atoms with Crippen LogP contribution in [0.5, 0.6) is 0 Å². The van der Waals surface area contributed by atoms with Gasteiger partial charge in [-0.2, -0.15) is 0 Å². The first kappa shape index (κ1) is 18.1. The van der Waals surface area contributed by atoms with Crippen LogP contribution >= 0.6 is 11.6 Å². The van der Waals surface area contributed by atoms with Crippen molar-refractivity contribution < 1.29 is 14.4 Å². The quantitative estimate of drug-likeness (QED) is 0.613. The molecule has 0 spiro atoms. The highest BCUT2D eigenvalue weighted by molar-refractivity contribution is 6.31. The standard InChI is InChI=1S/C23H19ClN2O3/c1-12-17(24)3-2-4-18(12)25-21(27)13-7-9-16(10-8-13)26-22(28)19-14-5-6-15(11-14)20(19)23(26)29/h2-10,14-15,19-20H,11H2,1H3,(H,25,27)/t14-,15-,19-,20+/m0/s1. The number of hydrogen-bond acceptors (Lipinski definition) is 3. The van der Waals surface area contributed by atoms with Gasteiger partial charge in [-0.1, -0.05) is 29.8 Å². The van der Waals surface area contributed by atoms with Gasteiger partial charge in [-0.25, -0.2) is 0 Å². The zero-order valence-electron chi connectivity index (χ0n) is 15.8. The molecule has 3 aliphatic rings. The summed E-state index contributed by atoms with van der Waals surface area (Å²) in [5.41, 5.74) is 2.40. The number of nitrogens with one attached hydrogen (secondary N) is 1. The fourth-order valence-electron chi connectivity index (χ4n) is 4.86. The van der Waals surface area contributed by atoms with Gasteiger partial charge in [0.25, 0.3) is 5.91 Å². The largest absolute Gasteiger partial charge is 0.322 e. The molecule has 1 saturated heterocycles. The molecule has 2 fully saturated rings.